The van der Waals surface area contributed by atoms with Crippen molar-refractivity contribution in [3.05, 3.63) is 53.7 Å². The zero-order valence-corrected chi connectivity index (χ0v) is 11.7. The third-order valence-electron chi connectivity index (χ3n) is 3.07. The summed E-state index contributed by atoms with van der Waals surface area (Å²) in [6.07, 6.45) is 0. The SMILES string of the molecule is CC(C)N(Cc1cccc(N)c1)c1cccc(C#N)n1. The van der Waals surface area contributed by atoms with Gasteiger partial charge in [-0.25, -0.2) is 4.98 Å². The molecule has 0 atom stereocenters. The number of hydrogen-bond acceptors (Lipinski definition) is 4. The first-order chi connectivity index (χ1) is 9.60. The monoisotopic (exact) mass is 266 g/mol. The minimum Gasteiger partial charge on any atom is -0.399 e. The number of nitrogens with zero attached hydrogens (tertiary/aromatic N) is 3. The van der Waals surface area contributed by atoms with Gasteiger partial charge < -0.3 is 10.6 Å². The van der Waals surface area contributed by atoms with Gasteiger partial charge in [-0.3, -0.25) is 0 Å². The van der Waals surface area contributed by atoms with Crippen LogP contribution in [0.1, 0.15) is 25.1 Å². The second kappa shape index (κ2) is 6.07. The van der Waals surface area contributed by atoms with Gasteiger partial charge in [-0.15, -0.1) is 0 Å². The molecule has 1 aromatic carbocycles. The van der Waals surface area contributed by atoms with Gasteiger partial charge in [0.05, 0.1) is 0 Å². The highest BCUT2D eigenvalue weighted by molar-refractivity contribution is 5.46. The molecule has 0 fully saturated rings. The van der Waals surface area contributed by atoms with Crippen LogP contribution >= 0.6 is 0 Å². The molecule has 0 bridgehead atoms. The summed E-state index contributed by atoms with van der Waals surface area (Å²) in [5.41, 5.74) is 8.13. The van der Waals surface area contributed by atoms with Crippen LogP contribution < -0.4 is 10.6 Å². The summed E-state index contributed by atoms with van der Waals surface area (Å²) in [7, 11) is 0. The van der Waals surface area contributed by atoms with Crippen molar-refractivity contribution in [1.82, 2.24) is 4.98 Å². The van der Waals surface area contributed by atoms with E-state index in [0.29, 0.717) is 12.2 Å². The average molecular weight is 266 g/mol. The fraction of sp³-hybridized carbons (Fsp3) is 0.250. The normalized spacial score (nSPS) is 10.3. The van der Waals surface area contributed by atoms with Gasteiger partial charge in [0.25, 0.3) is 0 Å². The smallest absolute Gasteiger partial charge is 0.142 e. The maximum absolute atomic E-state index is 8.96. The molecule has 102 valence electrons. The lowest BCUT2D eigenvalue weighted by molar-refractivity contribution is 0.672. The van der Waals surface area contributed by atoms with Gasteiger partial charge in [-0.2, -0.15) is 5.26 Å². The predicted octanol–water partition coefficient (Wildman–Crippen LogP) is 2.95. The van der Waals surface area contributed by atoms with Gasteiger partial charge in [0.2, 0.25) is 0 Å². The molecule has 2 N–H and O–H groups in total. The topological polar surface area (TPSA) is 65.9 Å². The average Bonchev–Trinajstić information content (AvgIpc) is 2.44. The van der Waals surface area contributed by atoms with Gasteiger partial charge in [0.1, 0.15) is 17.6 Å². The Morgan fingerprint density at radius 2 is 2.00 bits per heavy atom. The first kappa shape index (κ1) is 13.9. The summed E-state index contributed by atoms with van der Waals surface area (Å²) in [5.74, 6) is 0.807. The van der Waals surface area contributed by atoms with Crippen molar-refractivity contribution in [2.45, 2.75) is 26.4 Å². The van der Waals surface area contributed by atoms with Crippen molar-refractivity contribution >= 4 is 11.5 Å². The zero-order valence-electron chi connectivity index (χ0n) is 11.7. The summed E-state index contributed by atoms with van der Waals surface area (Å²) in [4.78, 5) is 6.51. The van der Waals surface area contributed by atoms with Crippen molar-refractivity contribution in [3.63, 3.8) is 0 Å². The zero-order chi connectivity index (χ0) is 14.5. The number of nitriles is 1. The van der Waals surface area contributed by atoms with Gasteiger partial charge in [-0.1, -0.05) is 18.2 Å². The van der Waals surface area contributed by atoms with E-state index >= 15 is 0 Å². The van der Waals surface area contributed by atoms with Crippen LogP contribution in [0, 0.1) is 11.3 Å². The van der Waals surface area contributed by atoms with E-state index in [1.807, 2.05) is 36.4 Å². The second-order valence-electron chi connectivity index (χ2n) is 4.96. The number of aromatic nitrogens is 1. The molecular formula is C16H18N4. The van der Waals surface area contributed by atoms with Gasteiger partial charge in [0.15, 0.2) is 0 Å². The van der Waals surface area contributed by atoms with Crippen LogP contribution in [0.2, 0.25) is 0 Å². The van der Waals surface area contributed by atoms with Crippen LogP contribution in [-0.4, -0.2) is 11.0 Å². The Hall–Kier alpha value is -2.54. The standard InChI is InChI=1S/C16H18N4/c1-12(2)20(11-13-5-3-6-14(18)9-13)16-8-4-7-15(10-17)19-16/h3-9,12H,11,18H2,1-2H3. The molecule has 2 rings (SSSR count). The van der Waals surface area contributed by atoms with Crippen molar-refractivity contribution in [1.29, 1.82) is 5.26 Å². The van der Waals surface area contributed by atoms with Gasteiger partial charge in [-0.05, 0) is 43.7 Å². The number of hydrogen-bond donors (Lipinski definition) is 1. The molecule has 1 aromatic heterocycles. The number of anilines is 2. The molecule has 0 unspecified atom stereocenters. The van der Waals surface area contributed by atoms with Crippen LogP contribution in [0.25, 0.3) is 0 Å². The maximum Gasteiger partial charge on any atom is 0.142 e. The second-order valence-corrected chi connectivity index (χ2v) is 4.96. The Balaban J connectivity index is 2.29. The van der Waals surface area contributed by atoms with Crippen LogP contribution in [0.5, 0.6) is 0 Å². The molecule has 2 aromatic rings. The summed E-state index contributed by atoms with van der Waals surface area (Å²) < 4.78 is 0. The largest absolute Gasteiger partial charge is 0.399 e. The molecular weight excluding hydrogens is 248 g/mol. The van der Waals surface area contributed by atoms with E-state index in [1.165, 1.54) is 0 Å². The Bertz CT molecular complexity index is 628. The minimum atomic E-state index is 0.276. The molecule has 0 amide bonds. The van der Waals surface area contributed by atoms with E-state index in [4.69, 9.17) is 11.0 Å². The summed E-state index contributed by atoms with van der Waals surface area (Å²) in [6, 6.07) is 15.7. The third-order valence-corrected chi connectivity index (χ3v) is 3.07. The van der Waals surface area contributed by atoms with E-state index in [-0.39, 0.29) is 6.04 Å². The fourth-order valence-electron chi connectivity index (χ4n) is 2.06. The van der Waals surface area contributed by atoms with Crippen LogP contribution in [-0.2, 0) is 6.54 Å². The lowest BCUT2D eigenvalue weighted by Gasteiger charge is -2.28. The van der Waals surface area contributed by atoms with E-state index in [2.05, 4.69) is 29.8 Å². The Labute approximate surface area is 119 Å². The van der Waals surface area contributed by atoms with Crippen molar-refractivity contribution in [2.24, 2.45) is 0 Å². The molecule has 0 spiro atoms. The Morgan fingerprint density at radius 3 is 2.65 bits per heavy atom. The number of rotatable bonds is 4. The number of pyridine rings is 1. The summed E-state index contributed by atoms with van der Waals surface area (Å²) >= 11 is 0. The highest BCUT2D eigenvalue weighted by Gasteiger charge is 2.13. The van der Waals surface area contributed by atoms with Crippen molar-refractivity contribution < 1.29 is 0 Å². The van der Waals surface area contributed by atoms with Gasteiger partial charge >= 0.3 is 0 Å². The molecule has 4 heteroatoms. The first-order valence-electron chi connectivity index (χ1n) is 6.58. The third kappa shape index (κ3) is 3.27. The molecule has 0 radical (unpaired) electrons. The van der Waals surface area contributed by atoms with Gasteiger partial charge in [0, 0.05) is 18.3 Å². The quantitative estimate of drug-likeness (QED) is 0.864. The van der Waals surface area contributed by atoms with E-state index < -0.39 is 0 Å². The summed E-state index contributed by atoms with van der Waals surface area (Å²) in [5, 5.41) is 8.96. The maximum atomic E-state index is 8.96. The van der Waals surface area contributed by atoms with Crippen LogP contribution in [0.15, 0.2) is 42.5 Å². The lowest BCUT2D eigenvalue weighted by Crippen LogP contribution is -2.31. The minimum absolute atomic E-state index is 0.276. The molecule has 0 aliphatic rings. The number of benzene rings is 1. The van der Waals surface area contributed by atoms with Crippen molar-refractivity contribution in [3.8, 4) is 6.07 Å². The molecule has 1 heterocycles. The fourth-order valence-corrected chi connectivity index (χ4v) is 2.06. The number of nitrogen functional groups attached to an aromatic ring is 1. The van der Waals surface area contributed by atoms with Crippen LogP contribution in [0.3, 0.4) is 0 Å². The van der Waals surface area contributed by atoms with Crippen molar-refractivity contribution in [2.75, 3.05) is 10.6 Å². The van der Waals surface area contributed by atoms with E-state index in [9.17, 15) is 0 Å². The molecule has 0 aliphatic heterocycles. The van der Waals surface area contributed by atoms with E-state index in [1.54, 1.807) is 6.07 Å². The number of nitrogens with two attached hydrogens (primary N) is 1. The molecule has 0 saturated heterocycles. The molecule has 4 nitrogen and oxygen atoms in total. The van der Waals surface area contributed by atoms with E-state index in [0.717, 1.165) is 17.1 Å². The molecule has 0 saturated carbocycles. The predicted molar refractivity (Wildman–Crippen MR) is 81.1 cm³/mol. The highest BCUT2D eigenvalue weighted by Crippen LogP contribution is 2.19. The highest BCUT2D eigenvalue weighted by atomic mass is 15.2. The Kier molecular flexibility index (Phi) is 4.21. The molecule has 20 heavy (non-hydrogen) atoms. The molecule has 0 aliphatic carbocycles. The van der Waals surface area contributed by atoms with Crippen LogP contribution in [0.4, 0.5) is 11.5 Å². The first-order valence-corrected chi connectivity index (χ1v) is 6.58. The Morgan fingerprint density at radius 1 is 1.25 bits per heavy atom. The lowest BCUT2D eigenvalue weighted by atomic mass is 10.1. The summed E-state index contributed by atoms with van der Waals surface area (Å²) in [6.45, 7) is 4.92.